The zero-order valence-corrected chi connectivity index (χ0v) is 12.2. The molecule has 0 bridgehead atoms. The molecule has 0 aromatic rings. The summed E-state index contributed by atoms with van der Waals surface area (Å²) in [5, 5.41) is 17.0. The van der Waals surface area contributed by atoms with Gasteiger partial charge >= 0.3 is 0 Å². The highest BCUT2D eigenvalue weighted by atomic mass is 16.5. The molecule has 19 heavy (non-hydrogen) atoms. The lowest BCUT2D eigenvalue weighted by Gasteiger charge is -2.21. The van der Waals surface area contributed by atoms with Gasteiger partial charge in [-0.25, -0.2) is 0 Å². The molecule has 0 fully saturated rings. The second-order valence-electron chi connectivity index (χ2n) is 4.77. The van der Waals surface area contributed by atoms with Gasteiger partial charge in [0.1, 0.15) is 0 Å². The Bertz CT molecular complexity index is 244. The van der Waals surface area contributed by atoms with E-state index in [1.54, 1.807) is 7.11 Å². The Kier molecular flexibility index (Phi) is 14.1. The molecule has 0 spiro atoms. The maximum absolute atomic E-state index is 8.48. The molecule has 0 N–H and O–H groups in total. The SMILES string of the molecule is COCCN(CCCCCC#N)CCCCCC#N. The van der Waals surface area contributed by atoms with E-state index in [1.165, 1.54) is 0 Å². The molecule has 4 nitrogen and oxygen atoms in total. The first kappa shape index (κ1) is 17.9. The molecule has 0 heterocycles. The van der Waals surface area contributed by atoms with Gasteiger partial charge in [-0.2, -0.15) is 10.5 Å². The number of nitrogens with zero attached hydrogens (tertiary/aromatic N) is 3. The Labute approximate surface area is 118 Å². The molecule has 0 amide bonds. The topological polar surface area (TPSA) is 60.0 Å². The molecule has 0 atom stereocenters. The van der Waals surface area contributed by atoms with Crippen molar-refractivity contribution < 1.29 is 4.74 Å². The second kappa shape index (κ2) is 15.0. The van der Waals surface area contributed by atoms with Crippen LogP contribution in [-0.2, 0) is 4.74 Å². The van der Waals surface area contributed by atoms with Gasteiger partial charge in [-0.15, -0.1) is 0 Å². The van der Waals surface area contributed by atoms with Gasteiger partial charge in [0, 0.05) is 26.5 Å². The molecular formula is C15H27N3O. The van der Waals surface area contributed by atoms with Gasteiger partial charge in [0.2, 0.25) is 0 Å². The van der Waals surface area contributed by atoms with E-state index in [1.807, 2.05) is 0 Å². The van der Waals surface area contributed by atoms with E-state index < -0.39 is 0 Å². The summed E-state index contributed by atoms with van der Waals surface area (Å²) in [5.74, 6) is 0. The summed E-state index contributed by atoms with van der Waals surface area (Å²) >= 11 is 0. The van der Waals surface area contributed by atoms with Crippen molar-refractivity contribution in [3.63, 3.8) is 0 Å². The number of hydrogen-bond acceptors (Lipinski definition) is 4. The molecule has 0 aliphatic carbocycles. The summed E-state index contributed by atoms with van der Waals surface area (Å²) in [6, 6.07) is 4.37. The van der Waals surface area contributed by atoms with E-state index >= 15 is 0 Å². The van der Waals surface area contributed by atoms with E-state index in [-0.39, 0.29) is 0 Å². The lowest BCUT2D eigenvalue weighted by atomic mass is 10.1. The van der Waals surface area contributed by atoms with Crippen LogP contribution in [0.2, 0.25) is 0 Å². The minimum absolute atomic E-state index is 0.673. The highest BCUT2D eigenvalue weighted by molar-refractivity contribution is 4.69. The lowest BCUT2D eigenvalue weighted by Crippen LogP contribution is -2.29. The number of rotatable bonds is 13. The van der Waals surface area contributed by atoms with Crippen molar-refractivity contribution in [2.75, 3.05) is 33.4 Å². The van der Waals surface area contributed by atoms with Crippen molar-refractivity contribution in [3.05, 3.63) is 0 Å². The Morgan fingerprint density at radius 1 is 0.789 bits per heavy atom. The fraction of sp³-hybridized carbons (Fsp3) is 0.867. The number of hydrogen-bond donors (Lipinski definition) is 0. The van der Waals surface area contributed by atoms with Crippen molar-refractivity contribution >= 4 is 0 Å². The molecule has 0 rings (SSSR count). The van der Waals surface area contributed by atoms with Crippen LogP contribution in [0.25, 0.3) is 0 Å². The van der Waals surface area contributed by atoms with Crippen molar-refractivity contribution in [2.24, 2.45) is 0 Å². The third-order valence-corrected chi connectivity index (χ3v) is 3.14. The van der Waals surface area contributed by atoms with Crippen LogP contribution in [-0.4, -0.2) is 38.3 Å². The number of methoxy groups -OCH3 is 1. The van der Waals surface area contributed by atoms with Crippen molar-refractivity contribution in [1.82, 2.24) is 4.90 Å². The van der Waals surface area contributed by atoms with Crippen LogP contribution < -0.4 is 0 Å². The molecule has 0 unspecified atom stereocenters. The Hall–Kier alpha value is -1.10. The molecule has 0 radical (unpaired) electrons. The predicted molar refractivity (Wildman–Crippen MR) is 76.5 cm³/mol. The normalized spacial score (nSPS) is 10.3. The highest BCUT2D eigenvalue weighted by Gasteiger charge is 2.04. The summed E-state index contributed by atoms with van der Waals surface area (Å²) in [7, 11) is 1.73. The maximum Gasteiger partial charge on any atom is 0.0621 e. The Morgan fingerprint density at radius 2 is 1.32 bits per heavy atom. The predicted octanol–water partition coefficient (Wildman–Crippen LogP) is 3.10. The van der Waals surface area contributed by atoms with Gasteiger partial charge in [-0.05, 0) is 38.8 Å². The molecule has 0 saturated heterocycles. The van der Waals surface area contributed by atoms with E-state index in [0.29, 0.717) is 12.8 Å². The van der Waals surface area contributed by atoms with Gasteiger partial charge in [0.05, 0.1) is 18.7 Å². The standard InChI is InChI=1S/C15H27N3O/c1-19-15-14-18(12-8-4-2-6-10-16)13-9-5-3-7-11-17/h2-9,12-15H2,1H3. The van der Waals surface area contributed by atoms with Gasteiger partial charge in [0.25, 0.3) is 0 Å². The van der Waals surface area contributed by atoms with Crippen molar-refractivity contribution in [2.45, 2.75) is 51.4 Å². The van der Waals surface area contributed by atoms with Crippen LogP contribution in [0.5, 0.6) is 0 Å². The monoisotopic (exact) mass is 265 g/mol. The average Bonchev–Trinajstić information content (AvgIpc) is 2.43. The van der Waals surface area contributed by atoms with Gasteiger partial charge in [-0.1, -0.05) is 12.8 Å². The first-order valence-corrected chi connectivity index (χ1v) is 7.30. The molecule has 4 heteroatoms. The summed E-state index contributed by atoms with van der Waals surface area (Å²) in [4.78, 5) is 2.43. The first-order valence-electron chi connectivity index (χ1n) is 7.30. The fourth-order valence-corrected chi connectivity index (χ4v) is 1.99. The molecule has 108 valence electrons. The third-order valence-electron chi connectivity index (χ3n) is 3.14. The van der Waals surface area contributed by atoms with Gasteiger partial charge < -0.3 is 9.64 Å². The van der Waals surface area contributed by atoms with Crippen LogP contribution in [0.4, 0.5) is 0 Å². The fourth-order valence-electron chi connectivity index (χ4n) is 1.99. The van der Waals surface area contributed by atoms with Crippen LogP contribution >= 0.6 is 0 Å². The van der Waals surface area contributed by atoms with Crippen LogP contribution in [0.15, 0.2) is 0 Å². The molecular weight excluding hydrogens is 238 g/mol. The quantitative estimate of drug-likeness (QED) is 0.480. The van der Waals surface area contributed by atoms with E-state index in [9.17, 15) is 0 Å². The van der Waals surface area contributed by atoms with Gasteiger partial charge in [0.15, 0.2) is 0 Å². The van der Waals surface area contributed by atoms with Crippen LogP contribution in [0.1, 0.15) is 51.4 Å². The zero-order valence-electron chi connectivity index (χ0n) is 12.2. The molecule has 0 aliphatic rings. The van der Waals surface area contributed by atoms with Crippen LogP contribution in [0.3, 0.4) is 0 Å². The summed E-state index contributed by atoms with van der Waals surface area (Å²) < 4.78 is 5.13. The summed E-state index contributed by atoms with van der Waals surface area (Å²) in [5.41, 5.74) is 0. The summed E-state index contributed by atoms with van der Waals surface area (Å²) in [6.07, 6.45) is 7.94. The summed E-state index contributed by atoms with van der Waals surface area (Å²) in [6.45, 7) is 3.93. The van der Waals surface area contributed by atoms with Crippen molar-refractivity contribution in [3.8, 4) is 12.1 Å². The van der Waals surface area contributed by atoms with E-state index in [4.69, 9.17) is 15.3 Å². The number of nitriles is 2. The van der Waals surface area contributed by atoms with E-state index in [2.05, 4.69) is 17.0 Å². The zero-order chi connectivity index (χ0) is 14.2. The highest BCUT2D eigenvalue weighted by Crippen LogP contribution is 2.05. The number of ether oxygens (including phenoxy) is 1. The van der Waals surface area contributed by atoms with Crippen LogP contribution in [0, 0.1) is 22.7 Å². The largest absolute Gasteiger partial charge is 0.383 e. The smallest absolute Gasteiger partial charge is 0.0621 e. The van der Waals surface area contributed by atoms with Crippen molar-refractivity contribution in [1.29, 1.82) is 10.5 Å². The number of unbranched alkanes of at least 4 members (excludes halogenated alkanes) is 6. The minimum Gasteiger partial charge on any atom is -0.383 e. The Morgan fingerprint density at radius 3 is 1.74 bits per heavy atom. The minimum atomic E-state index is 0.673. The molecule has 0 aliphatic heterocycles. The average molecular weight is 265 g/mol. The Balaban J connectivity index is 3.63. The maximum atomic E-state index is 8.48. The van der Waals surface area contributed by atoms with E-state index in [0.717, 1.165) is 64.8 Å². The van der Waals surface area contributed by atoms with Gasteiger partial charge in [-0.3, -0.25) is 0 Å². The third kappa shape index (κ3) is 13.1. The lowest BCUT2D eigenvalue weighted by molar-refractivity contribution is 0.145. The molecule has 0 aromatic heterocycles. The first-order chi connectivity index (χ1) is 9.35. The second-order valence-corrected chi connectivity index (χ2v) is 4.77. The molecule has 0 saturated carbocycles. The molecule has 0 aromatic carbocycles.